The minimum absolute atomic E-state index is 0.135. The minimum Gasteiger partial charge on any atom is -0.293 e. The van der Waals surface area contributed by atoms with Gasteiger partial charge in [-0.25, -0.2) is 0 Å². The second-order valence-electron chi connectivity index (χ2n) is 5.55. The molecule has 0 saturated carbocycles. The summed E-state index contributed by atoms with van der Waals surface area (Å²) in [6, 6.07) is 12.2. The van der Waals surface area contributed by atoms with Crippen LogP contribution in [0.1, 0.15) is 22.4 Å². The van der Waals surface area contributed by atoms with Crippen molar-refractivity contribution >= 4 is 23.2 Å². The molecule has 1 aliphatic carbocycles. The Morgan fingerprint density at radius 2 is 2.00 bits per heavy atom. The van der Waals surface area contributed by atoms with Crippen LogP contribution in [0.15, 0.2) is 72.2 Å². The van der Waals surface area contributed by atoms with Gasteiger partial charge >= 0.3 is 0 Å². The van der Waals surface area contributed by atoms with E-state index >= 15 is 0 Å². The largest absolute Gasteiger partial charge is 0.293 e. The summed E-state index contributed by atoms with van der Waals surface area (Å²) in [4.78, 5) is 14.0. The molecule has 3 rings (SSSR count). The molecule has 0 spiro atoms. The first-order valence-electron chi connectivity index (χ1n) is 7.38. The third-order valence-corrected chi connectivity index (χ3v) is 5.02. The Bertz CT molecular complexity index is 733. The Balaban J connectivity index is 1.89. The molecular formula is C20H18OS. The molecule has 1 aromatic heterocycles. The molecule has 1 aromatic carbocycles. The van der Waals surface area contributed by atoms with Gasteiger partial charge in [0.15, 0.2) is 5.78 Å². The third-order valence-electron chi connectivity index (χ3n) is 3.97. The summed E-state index contributed by atoms with van der Waals surface area (Å²) in [5.74, 6) is 0.135. The zero-order valence-corrected chi connectivity index (χ0v) is 13.3. The van der Waals surface area contributed by atoms with Crippen LogP contribution in [0, 0.1) is 6.92 Å². The predicted octanol–water partition coefficient (Wildman–Crippen LogP) is 5.09. The summed E-state index contributed by atoms with van der Waals surface area (Å²) in [5, 5.41) is 2.03. The van der Waals surface area contributed by atoms with Crippen molar-refractivity contribution in [1.82, 2.24) is 0 Å². The number of carbonyl (C=O) groups is 1. The zero-order valence-electron chi connectivity index (χ0n) is 12.5. The fourth-order valence-corrected chi connectivity index (χ4v) is 3.56. The summed E-state index contributed by atoms with van der Waals surface area (Å²) in [7, 11) is 0. The van der Waals surface area contributed by atoms with Crippen LogP contribution in [0.4, 0.5) is 0 Å². The Labute approximate surface area is 135 Å². The summed E-state index contributed by atoms with van der Waals surface area (Å²) >= 11 is 1.64. The number of ketones is 1. The number of benzene rings is 1. The molecule has 0 N–H and O–H groups in total. The maximum atomic E-state index is 12.9. The van der Waals surface area contributed by atoms with Gasteiger partial charge in [-0.2, -0.15) is 0 Å². The molecule has 0 aliphatic heterocycles. The first kappa shape index (κ1) is 14.7. The van der Waals surface area contributed by atoms with E-state index in [2.05, 4.69) is 25.1 Å². The molecule has 1 aliphatic rings. The number of hydrogen-bond donors (Lipinski definition) is 0. The van der Waals surface area contributed by atoms with Gasteiger partial charge in [0.1, 0.15) is 0 Å². The van der Waals surface area contributed by atoms with Gasteiger partial charge in [0.2, 0.25) is 0 Å². The lowest BCUT2D eigenvalue weighted by Gasteiger charge is -2.27. The number of carbonyl (C=O) groups excluding carboxylic acids is 1. The second kappa shape index (κ2) is 6.29. The van der Waals surface area contributed by atoms with Gasteiger partial charge < -0.3 is 0 Å². The van der Waals surface area contributed by atoms with Gasteiger partial charge in [-0.15, -0.1) is 11.3 Å². The first-order chi connectivity index (χ1) is 10.7. The zero-order chi connectivity index (χ0) is 15.4. The molecule has 0 amide bonds. The van der Waals surface area contributed by atoms with Crippen LogP contribution in [-0.4, -0.2) is 5.78 Å². The quantitative estimate of drug-likeness (QED) is 0.719. The van der Waals surface area contributed by atoms with Gasteiger partial charge in [0.25, 0.3) is 0 Å². The third kappa shape index (κ3) is 2.88. The maximum absolute atomic E-state index is 12.9. The highest BCUT2D eigenvalue weighted by Crippen LogP contribution is 2.37. The average molecular weight is 306 g/mol. The van der Waals surface area contributed by atoms with Crippen LogP contribution >= 0.6 is 11.3 Å². The van der Waals surface area contributed by atoms with Gasteiger partial charge in [0, 0.05) is 4.88 Å². The molecule has 1 atom stereocenters. The van der Waals surface area contributed by atoms with Crippen molar-refractivity contribution < 1.29 is 4.79 Å². The van der Waals surface area contributed by atoms with Crippen LogP contribution in [0.2, 0.25) is 0 Å². The van der Waals surface area contributed by atoms with Gasteiger partial charge in [-0.3, -0.25) is 4.79 Å². The highest BCUT2D eigenvalue weighted by molar-refractivity contribution is 7.10. The van der Waals surface area contributed by atoms with E-state index in [9.17, 15) is 4.79 Å². The van der Waals surface area contributed by atoms with E-state index in [1.165, 1.54) is 5.56 Å². The number of aryl methyl sites for hydroxylation is 1. The number of hydrogen-bond acceptors (Lipinski definition) is 2. The van der Waals surface area contributed by atoms with Crippen molar-refractivity contribution in [3.8, 4) is 0 Å². The summed E-state index contributed by atoms with van der Waals surface area (Å²) < 4.78 is 0. The Morgan fingerprint density at radius 3 is 2.64 bits per heavy atom. The number of thiophene rings is 1. The smallest absolute Gasteiger partial charge is 0.171 e. The predicted molar refractivity (Wildman–Crippen MR) is 94.1 cm³/mol. The molecular weight excluding hydrogens is 288 g/mol. The van der Waals surface area contributed by atoms with Crippen molar-refractivity contribution in [1.29, 1.82) is 0 Å². The van der Waals surface area contributed by atoms with Crippen LogP contribution < -0.4 is 0 Å². The van der Waals surface area contributed by atoms with Crippen LogP contribution in [0.25, 0.3) is 6.08 Å². The Hall–Kier alpha value is -2.19. The molecule has 0 bridgehead atoms. The lowest BCUT2D eigenvalue weighted by molar-refractivity contribution is -0.118. The van der Waals surface area contributed by atoms with E-state index in [-0.39, 0.29) is 5.78 Å². The topological polar surface area (TPSA) is 17.1 Å². The highest BCUT2D eigenvalue weighted by atomic mass is 32.1. The van der Waals surface area contributed by atoms with E-state index in [0.29, 0.717) is 0 Å². The average Bonchev–Trinajstić information content (AvgIpc) is 3.09. The van der Waals surface area contributed by atoms with Gasteiger partial charge in [-0.05, 0) is 36.4 Å². The minimum atomic E-state index is -0.538. The molecule has 110 valence electrons. The summed E-state index contributed by atoms with van der Waals surface area (Å²) in [6.45, 7) is 2.06. The molecule has 1 heterocycles. The fraction of sp³-hybridized carbons (Fsp3) is 0.150. The van der Waals surface area contributed by atoms with Crippen molar-refractivity contribution in [2.24, 2.45) is 0 Å². The second-order valence-corrected chi connectivity index (χ2v) is 6.50. The standard InChI is InChI=1S/C20H18OS/c1-16-7-9-17(10-8-16)11-12-18(21)20(13-3-2-4-14-20)19-6-5-15-22-19/h2-13,15H,14H2,1H3. The lowest BCUT2D eigenvalue weighted by atomic mass is 9.76. The monoisotopic (exact) mass is 306 g/mol. The Kier molecular flexibility index (Phi) is 4.21. The van der Waals surface area contributed by atoms with Crippen LogP contribution in [0.5, 0.6) is 0 Å². The van der Waals surface area contributed by atoms with E-state index in [1.807, 2.05) is 53.9 Å². The van der Waals surface area contributed by atoms with Gasteiger partial charge in [0.05, 0.1) is 5.41 Å². The lowest BCUT2D eigenvalue weighted by Crippen LogP contribution is -2.32. The van der Waals surface area contributed by atoms with E-state index in [1.54, 1.807) is 17.4 Å². The molecule has 0 radical (unpaired) electrons. The summed E-state index contributed by atoms with van der Waals surface area (Å²) in [6.07, 6.45) is 12.4. The molecule has 1 nitrogen and oxygen atoms in total. The molecule has 22 heavy (non-hydrogen) atoms. The normalized spacial score (nSPS) is 20.6. The van der Waals surface area contributed by atoms with Crippen molar-refractivity contribution in [3.63, 3.8) is 0 Å². The van der Waals surface area contributed by atoms with Crippen molar-refractivity contribution in [2.45, 2.75) is 18.8 Å². The molecule has 2 heteroatoms. The molecule has 0 fully saturated rings. The van der Waals surface area contributed by atoms with E-state index in [0.717, 1.165) is 16.9 Å². The molecule has 0 saturated heterocycles. The van der Waals surface area contributed by atoms with Crippen LogP contribution in [0.3, 0.4) is 0 Å². The number of allylic oxidation sites excluding steroid dienone is 5. The SMILES string of the molecule is Cc1ccc(C=CC(=O)C2(c3cccs3)C=CC=CC2)cc1. The number of rotatable bonds is 4. The van der Waals surface area contributed by atoms with Crippen molar-refractivity contribution in [3.05, 3.63) is 88.2 Å². The van der Waals surface area contributed by atoms with Crippen molar-refractivity contribution in [2.75, 3.05) is 0 Å². The fourth-order valence-electron chi connectivity index (χ4n) is 2.64. The van der Waals surface area contributed by atoms with E-state index < -0.39 is 5.41 Å². The highest BCUT2D eigenvalue weighted by Gasteiger charge is 2.36. The summed E-state index contributed by atoms with van der Waals surface area (Å²) in [5.41, 5.74) is 1.74. The maximum Gasteiger partial charge on any atom is 0.171 e. The van der Waals surface area contributed by atoms with Crippen LogP contribution in [-0.2, 0) is 10.2 Å². The molecule has 2 aromatic rings. The first-order valence-corrected chi connectivity index (χ1v) is 8.26. The van der Waals surface area contributed by atoms with Gasteiger partial charge in [-0.1, -0.05) is 66.3 Å². The van der Waals surface area contributed by atoms with E-state index in [4.69, 9.17) is 0 Å². The molecule has 1 unspecified atom stereocenters. The Morgan fingerprint density at radius 1 is 1.18 bits per heavy atom.